The van der Waals surface area contributed by atoms with Crippen molar-refractivity contribution >= 4 is 5.97 Å². The van der Waals surface area contributed by atoms with E-state index in [0.29, 0.717) is 6.04 Å². The van der Waals surface area contributed by atoms with Crippen molar-refractivity contribution in [2.75, 3.05) is 26.7 Å². The van der Waals surface area contributed by atoms with Crippen molar-refractivity contribution < 1.29 is 9.90 Å². The van der Waals surface area contributed by atoms with Gasteiger partial charge in [0.05, 0.1) is 6.54 Å². The van der Waals surface area contributed by atoms with Gasteiger partial charge >= 0.3 is 5.97 Å². The lowest BCUT2D eigenvalue weighted by molar-refractivity contribution is -0.138. The maximum Gasteiger partial charge on any atom is 0.317 e. The largest absolute Gasteiger partial charge is 0.480 e. The predicted octanol–water partition coefficient (Wildman–Crippen LogP) is 2.67. The normalized spacial score (nSPS) is 20.1. The number of likely N-dealkylation sites (tertiary alicyclic amines) is 1. The molecule has 4 heteroatoms. The molecule has 0 bridgehead atoms. The van der Waals surface area contributed by atoms with Crippen LogP contribution in [0.25, 0.3) is 0 Å². The highest BCUT2D eigenvalue weighted by Gasteiger charge is 2.21. The zero-order valence-corrected chi connectivity index (χ0v) is 14.0. The first-order valence-corrected chi connectivity index (χ1v) is 8.16. The van der Waals surface area contributed by atoms with Gasteiger partial charge < -0.3 is 5.11 Å². The first-order valence-electron chi connectivity index (χ1n) is 8.16. The highest BCUT2D eigenvalue weighted by Crippen LogP contribution is 2.19. The van der Waals surface area contributed by atoms with Crippen LogP contribution >= 0.6 is 0 Å². The third kappa shape index (κ3) is 4.82. The molecular weight excluding hydrogens is 276 g/mol. The Bertz CT molecular complexity index is 516. The summed E-state index contributed by atoms with van der Waals surface area (Å²) in [5.74, 6) is -0.737. The molecule has 0 amide bonds. The standard InChI is InChI=1S/C18H28N2O2/c1-14-6-7-15(2)16(11-14)12-20-9-4-5-17(8-10-20)19(3)13-18(21)22/h6-7,11,17H,4-5,8-10,12-13H2,1-3H3,(H,21,22). The molecule has 0 saturated carbocycles. The van der Waals surface area contributed by atoms with Crippen LogP contribution in [0.1, 0.15) is 36.0 Å². The van der Waals surface area contributed by atoms with Crippen LogP contribution < -0.4 is 0 Å². The number of likely N-dealkylation sites (N-methyl/N-ethyl adjacent to an activating group) is 1. The molecule has 1 aliphatic rings. The van der Waals surface area contributed by atoms with E-state index in [4.69, 9.17) is 5.11 Å². The van der Waals surface area contributed by atoms with Crippen molar-refractivity contribution in [1.82, 2.24) is 9.80 Å². The fourth-order valence-corrected chi connectivity index (χ4v) is 3.29. The Labute approximate surface area is 133 Å². The van der Waals surface area contributed by atoms with Gasteiger partial charge in [-0.1, -0.05) is 23.8 Å². The summed E-state index contributed by atoms with van der Waals surface area (Å²) in [5, 5.41) is 8.94. The highest BCUT2D eigenvalue weighted by molar-refractivity contribution is 5.69. The number of hydrogen-bond acceptors (Lipinski definition) is 3. The number of carboxylic acids is 1. The van der Waals surface area contributed by atoms with Crippen LogP contribution in [0, 0.1) is 13.8 Å². The molecule has 1 saturated heterocycles. The molecular formula is C18H28N2O2. The van der Waals surface area contributed by atoms with Gasteiger partial charge in [-0.05, 0) is 64.4 Å². The third-order valence-corrected chi connectivity index (χ3v) is 4.70. The van der Waals surface area contributed by atoms with Gasteiger partial charge in [0.25, 0.3) is 0 Å². The van der Waals surface area contributed by atoms with Crippen molar-refractivity contribution in [2.24, 2.45) is 0 Å². The van der Waals surface area contributed by atoms with Crippen molar-refractivity contribution in [1.29, 1.82) is 0 Å². The number of aliphatic carboxylic acids is 1. The number of rotatable bonds is 5. The second-order valence-electron chi connectivity index (χ2n) is 6.60. The van der Waals surface area contributed by atoms with E-state index < -0.39 is 5.97 Å². The van der Waals surface area contributed by atoms with E-state index in [-0.39, 0.29) is 6.54 Å². The van der Waals surface area contributed by atoms with Crippen molar-refractivity contribution in [3.8, 4) is 0 Å². The lowest BCUT2D eigenvalue weighted by Gasteiger charge is -2.26. The molecule has 1 fully saturated rings. The zero-order valence-electron chi connectivity index (χ0n) is 14.0. The second-order valence-corrected chi connectivity index (χ2v) is 6.60. The fraction of sp³-hybridized carbons (Fsp3) is 0.611. The molecule has 0 aromatic heterocycles. The lowest BCUT2D eigenvalue weighted by Crippen LogP contribution is -2.36. The number of nitrogens with zero attached hydrogens (tertiary/aromatic N) is 2. The number of carboxylic acid groups (broad SMARTS) is 1. The summed E-state index contributed by atoms with van der Waals surface area (Å²) in [6.07, 6.45) is 3.28. The molecule has 1 aromatic carbocycles. The quantitative estimate of drug-likeness (QED) is 0.908. The minimum Gasteiger partial charge on any atom is -0.480 e. The van der Waals surface area contributed by atoms with Crippen LogP contribution in [0.2, 0.25) is 0 Å². The summed E-state index contributed by atoms with van der Waals surface area (Å²) >= 11 is 0. The highest BCUT2D eigenvalue weighted by atomic mass is 16.4. The Kier molecular flexibility index (Phi) is 5.98. The van der Waals surface area contributed by atoms with E-state index in [1.54, 1.807) is 0 Å². The first kappa shape index (κ1) is 17.0. The minimum atomic E-state index is -0.737. The number of carbonyl (C=O) groups is 1. The summed E-state index contributed by atoms with van der Waals surface area (Å²) in [6.45, 7) is 7.61. The average molecular weight is 304 g/mol. The molecule has 22 heavy (non-hydrogen) atoms. The van der Waals surface area contributed by atoms with Gasteiger partial charge in [-0.2, -0.15) is 0 Å². The smallest absolute Gasteiger partial charge is 0.317 e. The number of benzene rings is 1. The van der Waals surface area contributed by atoms with Gasteiger partial charge in [-0.3, -0.25) is 14.6 Å². The Hall–Kier alpha value is -1.39. The summed E-state index contributed by atoms with van der Waals surface area (Å²) in [4.78, 5) is 15.4. The van der Waals surface area contributed by atoms with Gasteiger partial charge in [0.1, 0.15) is 0 Å². The molecule has 4 nitrogen and oxygen atoms in total. The van der Waals surface area contributed by atoms with Crippen LogP contribution in [-0.2, 0) is 11.3 Å². The molecule has 0 radical (unpaired) electrons. The van der Waals surface area contributed by atoms with Gasteiger partial charge in [-0.15, -0.1) is 0 Å². The molecule has 0 spiro atoms. The Balaban J connectivity index is 1.93. The molecule has 0 aliphatic carbocycles. The molecule has 1 N–H and O–H groups in total. The molecule has 1 aromatic rings. The fourth-order valence-electron chi connectivity index (χ4n) is 3.29. The van der Waals surface area contributed by atoms with Crippen LogP contribution in [0.4, 0.5) is 0 Å². The SMILES string of the molecule is Cc1ccc(C)c(CN2CCCC(N(C)CC(=O)O)CC2)c1. The Morgan fingerprint density at radius 2 is 2.09 bits per heavy atom. The second kappa shape index (κ2) is 7.75. The molecule has 1 atom stereocenters. The maximum atomic E-state index is 10.9. The van der Waals surface area contributed by atoms with Gasteiger partial charge in [-0.25, -0.2) is 0 Å². The molecule has 1 unspecified atom stereocenters. The van der Waals surface area contributed by atoms with Crippen molar-refractivity contribution in [2.45, 2.75) is 45.7 Å². The van der Waals surface area contributed by atoms with Crippen molar-refractivity contribution in [3.05, 3.63) is 34.9 Å². The van der Waals surface area contributed by atoms with Gasteiger partial charge in [0.2, 0.25) is 0 Å². The third-order valence-electron chi connectivity index (χ3n) is 4.70. The van der Waals surface area contributed by atoms with E-state index in [0.717, 1.165) is 38.9 Å². The molecule has 1 aliphatic heterocycles. The maximum absolute atomic E-state index is 10.9. The van der Waals surface area contributed by atoms with Crippen LogP contribution in [0.5, 0.6) is 0 Å². The van der Waals surface area contributed by atoms with Crippen molar-refractivity contribution in [3.63, 3.8) is 0 Å². The van der Waals surface area contributed by atoms with E-state index in [2.05, 4.69) is 36.9 Å². The van der Waals surface area contributed by atoms with Crippen LogP contribution in [0.3, 0.4) is 0 Å². The number of aryl methyl sites for hydroxylation is 2. The van der Waals surface area contributed by atoms with E-state index in [1.807, 2.05) is 11.9 Å². The summed E-state index contributed by atoms with van der Waals surface area (Å²) < 4.78 is 0. The zero-order chi connectivity index (χ0) is 16.1. The summed E-state index contributed by atoms with van der Waals surface area (Å²) in [7, 11) is 1.93. The first-order chi connectivity index (χ1) is 10.5. The average Bonchev–Trinajstić information content (AvgIpc) is 2.68. The molecule has 2 rings (SSSR count). The number of hydrogen-bond donors (Lipinski definition) is 1. The minimum absolute atomic E-state index is 0.141. The van der Waals surface area contributed by atoms with E-state index >= 15 is 0 Å². The topological polar surface area (TPSA) is 43.8 Å². The monoisotopic (exact) mass is 304 g/mol. The van der Waals surface area contributed by atoms with E-state index in [9.17, 15) is 4.79 Å². The summed E-state index contributed by atoms with van der Waals surface area (Å²) in [5.41, 5.74) is 4.08. The molecule has 122 valence electrons. The lowest BCUT2D eigenvalue weighted by atomic mass is 10.1. The van der Waals surface area contributed by atoms with Crippen LogP contribution in [-0.4, -0.2) is 53.6 Å². The predicted molar refractivity (Wildman–Crippen MR) is 89.1 cm³/mol. The van der Waals surface area contributed by atoms with E-state index in [1.165, 1.54) is 16.7 Å². The van der Waals surface area contributed by atoms with Gasteiger partial charge in [0, 0.05) is 12.6 Å². The van der Waals surface area contributed by atoms with Gasteiger partial charge in [0.15, 0.2) is 0 Å². The summed E-state index contributed by atoms with van der Waals surface area (Å²) in [6, 6.07) is 7.04. The Morgan fingerprint density at radius 3 is 2.82 bits per heavy atom. The van der Waals surface area contributed by atoms with Crippen LogP contribution in [0.15, 0.2) is 18.2 Å². The Morgan fingerprint density at radius 1 is 1.32 bits per heavy atom. The molecule has 1 heterocycles.